The topological polar surface area (TPSA) is 51.9 Å². The van der Waals surface area contributed by atoms with Gasteiger partial charge >= 0.3 is 0 Å². The Morgan fingerprint density at radius 3 is 2.35 bits per heavy atom. The van der Waals surface area contributed by atoms with Crippen LogP contribution in [0.2, 0.25) is 0 Å². The Kier molecular flexibility index (Phi) is 5.56. The molecular formula is C21H26N4O. The third-order valence-electron chi connectivity index (χ3n) is 4.52. The average Bonchev–Trinajstić information content (AvgIpc) is 3.30. The number of carbonyl (C=O) groups is 1. The van der Waals surface area contributed by atoms with Crippen molar-refractivity contribution in [1.82, 2.24) is 19.4 Å². The molecule has 2 atom stereocenters. The smallest absolute Gasteiger partial charge is 0.243 e. The second kappa shape index (κ2) is 8.04. The highest BCUT2D eigenvalue weighted by Gasteiger charge is 2.26. The quantitative estimate of drug-likeness (QED) is 0.706. The number of carbonyl (C=O) groups excluding carboxylic acids is 1. The summed E-state index contributed by atoms with van der Waals surface area (Å²) in [6.07, 6.45) is 8.34. The van der Waals surface area contributed by atoms with Gasteiger partial charge in [-0.15, -0.1) is 0 Å². The molecule has 0 spiro atoms. The molecule has 0 radical (unpaired) electrons. The summed E-state index contributed by atoms with van der Waals surface area (Å²) < 4.78 is 3.93. The van der Waals surface area contributed by atoms with Crippen LogP contribution < -0.4 is 5.32 Å². The Morgan fingerprint density at radius 1 is 1.08 bits per heavy atom. The van der Waals surface area contributed by atoms with Crippen LogP contribution in [0, 0.1) is 5.92 Å². The van der Waals surface area contributed by atoms with Crippen molar-refractivity contribution in [3.8, 4) is 0 Å². The summed E-state index contributed by atoms with van der Waals surface area (Å²) in [5, 5.41) is 3.23. The second-order valence-corrected chi connectivity index (χ2v) is 7.02. The van der Waals surface area contributed by atoms with Gasteiger partial charge in [-0.1, -0.05) is 44.2 Å². The van der Waals surface area contributed by atoms with Gasteiger partial charge < -0.3 is 14.5 Å². The van der Waals surface area contributed by atoms with Crippen LogP contribution in [0.15, 0.2) is 67.3 Å². The Hall–Kier alpha value is -2.82. The standard InChI is InChI=1S/C21H26N4O/c1-16(2)15-18(25-12-7-8-13-25)21(26)23-19(17-9-5-4-6-10-17)20-22-11-14-24(20)3/h4-14,16,18-19H,15H2,1-3H3,(H,23,26)/t18-,19?/m1/s1. The summed E-state index contributed by atoms with van der Waals surface area (Å²) in [6.45, 7) is 4.27. The van der Waals surface area contributed by atoms with Crippen molar-refractivity contribution in [2.75, 3.05) is 0 Å². The molecule has 26 heavy (non-hydrogen) atoms. The first-order valence-corrected chi connectivity index (χ1v) is 9.01. The van der Waals surface area contributed by atoms with Gasteiger partial charge in [0.25, 0.3) is 0 Å². The first kappa shape index (κ1) is 18.0. The van der Waals surface area contributed by atoms with Crippen LogP contribution in [-0.2, 0) is 11.8 Å². The molecule has 3 rings (SSSR count). The van der Waals surface area contributed by atoms with E-state index in [1.54, 1.807) is 6.20 Å². The second-order valence-electron chi connectivity index (χ2n) is 7.02. The third-order valence-corrected chi connectivity index (χ3v) is 4.52. The molecule has 2 aromatic heterocycles. The van der Waals surface area contributed by atoms with Crippen LogP contribution in [0.4, 0.5) is 0 Å². The maximum Gasteiger partial charge on any atom is 0.243 e. The van der Waals surface area contributed by atoms with Crippen LogP contribution in [0.5, 0.6) is 0 Å². The number of hydrogen-bond acceptors (Lipinski definition) is 2. The number of aromatic nitrogens is 3. The molecule has 0 bridgehead atoms. The summed E-state index contributed by atoms with van der Waals surface area (Å²) in [7, 11) is 1.95. The monoisotopic (exact) mass is 350 g/mol. The third kappa shape index (κ3) is 4.04. The SMILES string of the molecule is CC(C)C[C@H](C(=O)NC(c1ccccc1)c1nccn1C)n1cccc1. The predicted molar refractivity (Wildman–Crippen MR) is 103 cm³/mol. The Labute approximate surface area is 154 Å². The molecule has 0 aliphatic rings. The highest BCUT2D eigenvalue weighted by atomic mass is 16.2. The zero-order valence-corrected chi connectivity index (χ0v) is 15.5. The van der Waals surface area contributed by atoms with E-state index in [9.17, 15) is 4.79 Å². The molecule has 5 nitrogen and oxygen atoms in total. The molecular weight excluding hydrogens is 324 g/mol. The summed E-state index contributed by atoms with van der Waals surface area (Å²) in [4.78, 5) is 17.7. The van der Waals surface area contributed by atoms with E-state index in [2.05, 4.69) is 24.1 Å². The molecule has 0 saturated heterocycles. The van der Waals surface area contributed by atoms with Gasteiger partial charge in [-0.3, -0.25) is 4.79 Å². The molecule has 3 aromatic rings. The molecule has 1 amide bonds. The molecule has 2 heterocycles. The molecule has 136 valence electrons. The minimum absolute atomic E-state index is 0.00625. The number of nitrogens with zero attached hydrogens (tertiary/aromatic N) is 3. The van der Waals surface area contributed by atoms with Crippen molar-refractivity contribution in [1.29, 1.82) is 0 Å². The minimum atomic E-state index is -0.283. The van der Waals surface area contributed by atoms with Gasteiger partial charge in [-0.2, -0.15) is 0 Å². The van der Waals surface area contributed by atoms with E-state index in [-0.39, 0.29) is 18.0 Å². The lowest BCUT2D eigenvalue weighted by molar-refractivity contribution is -0.125. The van der Waals surface area contributed by atoms with Crippen molar-refractivity contribution in [2.45, 2.75) is 32.4 Å². The average molecular weight is 350 g/mol. The Morgan fingerprint density at radius 2 is 1.77 bits per heavy atom. The fourth-order valence-corrected chi connectivity index (χ4v) is 3.20. The van der Waals surface area contributed by atoms with Crippen LogP contribution in [0.25, 0.3) is 0 Å². The van der Waals surface area contributed by atoms with Gasteiger partial charge in [-0.25, -0.2) is 4.98 Å². The summed E-state index contributed by atoms with van der Waals surface area (Å²) >= 11 is 0. The molecule has 5 heteroatoms. The first-order chi connectivity index (χ1) is 12.6. The van der Waals surface area contributed by atoms with Crippen molar-refractivity contribution < 1.29 is 4.79 Å². The lowest BCUT2D eigenvalue weighted by Crippen LogP contribution is -2.37. The molecule has 1 aromatic carbocycles. The highest BCUT2D eigenvalue weighted by Crippen LogP contribution is 2.24. The molecule has 0 aliphatic carbocycles. The van der Waals surface area contributed by atoms with Crippen molar-refractivity contribution >= 4 is 5.91 Å². The fraction of sp³-hybridized carbons (Fsp3) is 0.333. The first-order valence-electron chi connectivity index (χ1n) is 9.01. The zero-order chi connectivity index (χ0) is 18.5. The Bertz CT molecular complexity index is 821. The van der Waals surface area contributed by atoms with Gasteiger partial charge in [-0.05, 0) is 30.0 Å². The van der Waals surface area contributed by atoms with Crippen LogP contribution in [-0.4, -0.2) is 20.0 Å². The molecule has 1 N–H and O–H groups in total. The van der Waals surface area contributed by atoms with E-state index in [4.69, 9.17) is 0 Å². The van der Waals surface area contributed by atoms with Gasteiger partial charge in [0, 0.05) is 31.8 Å². The van der Waals surface area contributed by atoms with Gasteiger partial charge in [0.05, 0.1) is 0 Å². The van der Waals surface area contributed by atoms with E-state index < -0.39 is 0 Å². The lowest BCUT2D eigenvalue weighted by atomic mass is 10.0. The van der Waals surface area contributed by atoms with Crippen LogP contribution in [0.1, 0.15) is 43.7 Å². The lowest BCUT2D eigenvalue weighted by Gasteiger charge is -2.25. The van der Waals surface area contributed by atoms with Crippen molar-refractivity contribution in [3.05, 3.63) is 78.6 Å². The highest BCUT2D eigenvalue weighted by molar-refractivity contribution is 5.81. The number of imidazole rings is 1. The molecule has 0 saturated carbocycles. The summed E-state index contributed by atoms with van der Waals surface area (Å²) in [5.74, 6) is 1.24. The molecule has 1 unspecified atom stereocenters. The van der Waals surface area contributed by atoms with E-state index in [0.29, 0.717) is 5.92 Å². The fourth-order valence-electron chi connectivity index (χ4n) is 3.20. The van der Waals surface area contributed by atoms with Crippen LogP contribution in [0.3, 0.4) is 0 Å². The largest absolute Gasteiger partial charge is 0.342 e. The van der Waals surface area contributed by atoms with E-state index >= 15 is 0 Å². The van der Waals surface area contributed by atoms with E-state index in [0.717, 1.165) is 17.8 Å². The Balaban J connectivity index is 1.90. The number of nitrogens with one attached hydrogen (secondary N) is 1. The molecule has 0 fully saturated rings. The number of amides is 1. The van der Waals surface area contributed by atoms with Gasteiger partial charge in [0.2, 0.25) is 5.91 Å². The van der Waals surface area contributed by atoms with E-state index in [1.165, 1.54) is 0 Å². The predicted octanol–water partition coefficient (Wildman–Crippen LogP) is 3.71. The molecule has 0 aliphatic heterocycles. The van der Waals surface area contributed by atoms with E-state index in [1.807, 2.05) is 77.2 Å². The van der Waals surface area contributed by atoms with Crippen LogP contribution >= 0.6 is 0 Å². The normalized spacial score (nSPS) is 13.5. The summed E-state index contributed by atoms with van der Waals surface area (Å²) in [6, 6.07) is 13.4. The number of aryl methyl sites for hydroxylation is 1. The van der Waals surface area contributed by atoms with Gasteiger partial charge in [0.1, 0.15) is 17.9 Å². The van der Waals surface area contributed by atoms with Gasteiger partial charge in [0.15, 0.2) is 0 Å². The number of benzene rings is 1. The summed E-state index contributed by atoms with van der Waals surface area (Å²) in [5.41, 5.74) is 1.02. The van der Waals surface area contributed by atoms with Crippen molar-refractivity contribution in [2.24, 2.45) is 13.0 Å². The minimum Gasteiger partial charge on any atom is -0.342 e. The maximum atomic E-state index is 13.2. The number of rotatable bonds is 7. The maximum absolute atomic E-state index is 13.2. The number of hydrogen-bond donors (Lipinski definition) is 1. The van der Waals surface area contributed by atoms with Crippen molar-refractivity contribution in [3.63, 3.8) is 0 Å². The zero-order valence-electron chi connectivity index (χ0n) is 15.5.